The molecule has 1 unspecified atom stereocenters. The van der Waals surface area contributed by atoms with Crippen LogP contribution in [0.3, 0.4) is 0 Å². The van der Waals surface area contributed by atoms with Crippen molar-refractivity contribution >= 4 is 5.91 Å². The van der Waals surface area contributed by atoms with E-state index < -0.39 is 0 Å². The molecule has 1 atom stereocenters. The number of carbonyl (C=O) groups is 1. The Balaban J connectivity index is 2.07. The van der Waals surface area contributed by atoms with Gasteiger partial charge in [-0.25, -0.2) is 0 Å². The van der Waals surface area contributed by atoms with E-state index in [2.05, 4.69) is 10.6 Å². The Bertz CT molecular complexity index is 169. The zero-order valence-electron chi connectivity index (χ0n) is 8.54. The fourth-order valence-electron chi connectivity index (χ4n) is 1.24. The van der Waals surface area contributed by atoms with Crippen molar-refractivity contribution in [3.8, 4) is 0 Å². The van der Waals surface area contributed by atoms with Crippen LogP contribution >= 0.6 is 0 Å². The van der Waals surface area contributed by atoms with Gasteiger partial charge in [0.1, 0.15) is 6.10 Å². The van der Waals surface area contributed by atoms with E-state index in [0.717, 1.165) is 6.54 Å². The molecule has 14 heavy (non-hydrogen) atoms. The fourth-order valence-corrected chi connectivity index (χ4v) is 1.24. The van der Waals surface area contributed by atoms with Crippen molar-refractivity contribution in [2.24, 2.45) is 0 Å². The predicted molar refractivity (Wildman–Crippen MR) is 52.1 cm³/mol. The molecule has 0 radical (unpaired) electrons. The van der Waals surface area contributed by atoms with Gasteiger partial charge in [0.2, 0.25) is 0 Å². The molecule has 1 fully saturated rings. The monoisotopic (exact) mass is 202 g/mol. The van der Waals surface area contributed by atoms with Crippen molar-refractivity contribution in [1.29, 1.82) is 0 Å². The van der Waals surface area contributed by atoms with Crippen molar-refractivity contribution in [2.45, 2.75) is 13.0 Å². The number of rotatable bonds is 5. The molecule has 1 amide bonds. The summed E-state index contributed by atoms with van der Waals surface area (Å²) >= 11 is 0. The molecule has 1 saturated heterocycles. The van der Waals surface area contributed by atoms with E-state index in [1.54, 1.807) is 0 Å². The Hall–Kier alpha value is -0.650. The number of hydrogen-bond acceptors (Lipinski definition) is 4. The predicted octanol–water partition coefficient (Wildman–Crippen LogP) is -0.872. The quantitative estimate of drug-likeness (QED) is 0.569. The lowest BCUT2D eigenvalue weighted by atomic mass is 10.3. The lowest BCUT2D eigenvalue weighted by molar-refractivity contribution is -0.134. The first-order valence-corrected chi connectivity index (χ1v) is 5.02. The molecule has 0 saturated carbocycles. The lowest BCUT2D eigenvalue weighted by Gasteiger charge is -2.22. The molecule has 0 spiro atoms. The number of nitrogens with one attached hydrogen (secondary N) is 2. The van der Waals surface area contributed by atoms with Crippen LogP contribution in [0.15, 0.2) is 0 Å². The van der Waals surface area contributed by atoms with E-state index in [-0.39, 0.29) is 12.0 Å². The smallest absolute Gasteiger partial charge is 0.250 e. The second kappa shape index (κ2) is 6.75. The van der Waals surface area contributed by atoms with E-state index in [4.69, 9.17) is 9.47 Å². The highest BCUT2D eigenvalue weighted by atomic mass is 16.5. The molecule has 0 aliphatic carbocycles. The maximum Gasteiger partial charge on any atom is 0.250 e. The maximum absolute atomic E-state index is 11.4. The second-order valence-electron chi connectivity index (χ2n) is 3.05. The molecule has 5 nitrogen and oxygen atoms in total. The zero-order valence-corrected chi connectivity index (χ0v) is 8.54. The number of hydrogen-bond donors (Lipinski definition) is 2. The Morgan fingerprint density at radius 2 is 2.57 bits per heavy atom. The largest absolute Gasteiger partial charge is 0.380 e. The van der Waals surface area contributed by atoms with E-state index >= 15 is 0 Å². The first-order valence-electron chi connectivity index (χ1n) is 5.02. The van der Waals surface area contributed by atoms with Gasteiger partial charge >= 0.3 is 0 Å². The topological polar surface area (TPSA) is 59.6 Å². The highest BCUT2D eigenvalue weighted by Crippen LogP contribution is 1.95. The highest BCUT2D eigenvalue weighted by Gasteiger charge is 2.20. The van der Waals surface area contributed by atoms with Gasteiger partial charge in [-0.15, -0.1) is 0 Å². The van der Waals surface area contributed by atoms with Crippen LogP contribution in [-0.2, 0) is 14.3 Å². The molecule has 0 aromatic rings. The van der Waals surface area contributed by atoms with Crippen molar-refractivity contribution < 1.29 is 14.3 Å². The molecule has 0 aromatic carbocycles. The molecular formula is C9H18N2O3. The minimum absolute atomic E-state index is 0.0584. The Morgan fingerprint density at radius 3 is 3.21 bits per heavy atom. The van der Waals surface area contributed by atoms with Crippen LogP contribution in [0.25, 0.3) is 0 Å². The SMILES string of the molecule is CCOCCNC(=O)C1CNCCO1. The third-order valence-electron chi connectivity index (χ3n) is 1.97. The van der Waals surface area contributed by atoms with Crippen LogP contribution in [0.5, 0.6) is 0 Å². The fraction of sp³-hybridized carbons (Fsp3) is 0.889. The molecular weight excluding hydrogens is 184 g/mol. The van der Waals surface area contributed by atoms with Crippen LogP contribution in [0.1, 0.15) is 6.92 Å². The average molecular weight is 202 g/mol. The van der Waals surface area contributed by atoms with E-state index in [1.165, 1.54) is 0 Å². The number of ether oxygens (including phenoxy) is 2. The average Bonchev–Trinajstić information content (AvgIpc) is 2.25. The summed E-state index contributed by atoms with van der Waals surface area (Å²) in [6.07, 6.45) is -0.342. The number of carbonyl (C=O) groups excluding carboxylic acids is 1. The standard InChI is InChI=1S/C9H18N2O3/c1-2-13-5-4-11-9(12)8-7-10-3-6-14-8/h8,10H,2-7H2,1H3,(H,11,12). The molecule has 1 rings (SSSR count). The molecule has 0 bridgehead atoms. The summed E-state index contributed by atoms with van der Waals surface area (Å²) in [6.45, 7) is 5.73. The van der Waals surface area contributed by atoms with Crippen molar-refractivity contribution in [1.82, 2.24) is 10.6 Å². The van der Waals surface area contributed by atoms with Gasteiger partial charge in [0, 0.05) is 26.2 Å². The van der Waals surface area contributed by atoms with Crippen molar-refractivity contribution in [3.05, 3.63) is 0 Å². The molecule has 0 aromatic heterocycles. The van der Waals surface area contributed by atoms with Crippen molar-refractivity contribution in [3.63, 3.8) is 0 Å². The molecule has 1 aliphatic heterocycles. The van der Waals surface area contributed by atoms with Crippen LogP contribution in [-0.4, -0.2) is 51.5 Å². The Morgan fingerprint density at radius 1 is 1.71 bits per heavy atom. The van der Waals surface area contributed by atoms with Gasteiger partial charge in [-0.2, -0.15) is 0 Å². The molecule has 2 N–H and O–H groups in total. The minimum Gasteiger partial charge on any atom is -0.380 e. The highest BCUT2D eigenvalue weighted by molar-refractivity contribution is 5.81. The lowest BCUT2D eigenvalue weighted by Crippen LogP contribution is -2.48. The van der Waals surface area contributed by atoms with Gasteiger partial charge in [0.05, 0.1) is 13.2 Å². The van der Waals surface area contributed by atoms with E-state index in [0.29, 0.717) is 32.9 Å². The third-order valence-corrected chi connectivity index (χ3v) is 1.97. The zero-order chi connectivity index (χ0) is 10.2. The summed E-state index contributed by atoms with van der Waals surface area (Å²) in [5.74, 6) is -0.0584. The van der Waals surface area contributed by atoms with Gasteiger partial charge in [-0.1, -0.05) is 0 Å². The number of amides is 1. The van der Waals surface area contributed by atoms with E-state index in [1.807, 2.05) is 6.92 Å². The summed E-state index contributed by atoms with van der Waals surface area (Å²) in [5, 5.41) is 5.86. The molecule has 1 heterocycles. The first kappa shape index (κ1) is 11.4. The summed E-state index contributed by atoms with van der Waals surface area (Å²) in [6, 6.07) is 0. The van der Waals surface area contributed by atoms with Crippen LogP contribution < -0.4 is 10.6 Å². The molecule has 1 aliphatic rings. The summed E-state index contributed by atoms with van der Waals surface area (Å²) < 4.78 is 10.4. The first-order chi connectivity index (χ1) is 6.84. The van der Waals surface area contributed by atoms with Gasteiger partial charge in [-0.3, -0.25) is 4.79 Å². The van der Waals surface area contributed by atoms with Crippen LogP contribution in [0.2, 0.25) is 0 Å². The maximum atomic E-state index is 11.4. The summed E-state index contributed by atoms with van der Waals surface area (Å²) in [4.78, 5) is 11.4. The minimum atomic E-state index is -0.342. The van der Waals surface area contributed by atoms with Gasteiger partial charge < -0.3 is 20.1 Å². The number of morpholine rings is 1. The van der Waals surface area contributed by atoms with Crippen molar-refractivity contribution in [2.75, 3.05) is 39.5 Å². The van der Waals surface area contributed by atoms with Crippen LogP contribution in [0.4, 0.5) is 0 Å². The normalized spacial score (nSPS) is 21.9. The Labute approximate surface area is 84.1 Å². The third kappa shape index (κ3) is 4.04. The molecule has 5 heteroatoms. The summed E-state index contributed by atoms with van der Waals surface area (Å²) in [5.41, 5.74) is 0. The Kier molecular flexibility index (Phi) is 5.51. The second-order valence-corrected chi connectivity index (χ2v) is 3.05. The van der Waals surface area contributed by atoms with Gasteiger partial charge in [0.15, 0.2) is 0 Å². The van der Waals surface area contributed by atoms with Gasteiger partial charge in [-0.05, 0) is 6.92 Å². The van der Waals surface area contributed by atoms with Crippen LogP contribution in [0, 0.1) is 0 Å². The van der Waals surface area contributed by atoms with E-state index in [9.17, 15) is 4.79 Å². The van der Waals surface area contributed by atoms with Gasteiger partial charge in [0.25, 0.3) is 5.91 Å². The summed E-state index contributed by atoms with van der Waals surface area (Å²) in [7, 11) is 0. The molecule has 82 valence electrons.